The molecule has 20 heavy (non-hydrogen) atoms. The number of hydrogen-bond acceptors (Lipinski definition) is 4. The number of nitrogens with one attached hydrogen (secondary N) is 1. The number of aliphatic hydroxyl groups is 1. The van der Waals surface area contributed by atoms with E-state index < -0.39 is 6.10 Å². The van der Waals surface area contributed by atoms with Crippen LogP contribution in [0.2, 0.25) is 5.02 Å². The monoisotopic (exact) mass is 298 g/mol. The summed E-state index contributed by atoms with van der Waals surface area (Å²) in [5.41, 5.74) is 0. The molecule has 2 rings (SSSR count). The van der Waals surface area contributed by atoms with Crippen LogP contribution in [0.5, 0.6) is 5.75 Å². The van der Waals surface area contributed by atoms with Crippen LogP contribution < -0.4 is 10.1 Å². The van der Waals surface area contributed by atoms with Gasteiger partial charge in [-0.3, -0.25) is 4.79 Å². The van der Waals surface area contributed by atoms with E-state index in [1.807, 2.05) is 12.1 Å². The van der Waals surface area contributed by atoms with E-state index in [0.29, 0.717) is 36.9 Å². The van der Waals surface area contributed by atoms with Crippen LogP contribution in [0.1, 0.15) is 6.42 Å². The highest BCUT2D eigenvalue weighted by Gasteiger charge is 2.29. The third-order valence-corrected chi connectivity index (χ3v) is 3.51. The minimum Gasteiger partial charge on any atom is -0.492 e. The molecule has 0 bridgehead atoms. The summed E-state index contributed by atoms with van der Waals surface area (Å²) in [6.45, 7) is 1.36. The van der Waals surface area contributed by atoms with Gasteiger partial charge < -0.3 is 20.1 Å². The van der Waals surface area contributed by atoms with Gasteiger partial charge in [-0.2, -0.15) is 0 Å². The van der Waals surface area contributed by atoms with Crippen molar-refractivity contribution in [3.8, 4) is 5.75 Å². The van der Waals surface area contributed by atoms with Crippen LogP contribution in [0.15, 0.2) is 24.3 Å². The van der Waals surface area contributed by atoms with Crippen molar-refractivity contribution >= 4 is 17.5 Å². The predicted molar refractivity (Wildman–Crippen MR) is 77.0 cm³/mol. The maximum atomic E-state index is 12.1. The summed E-state index contributed by atoms with van der Waals surface area (Å²) in [5, 5.41) is 13.0. The van der Waals surface area contributed by atoms with Crippen LogP contribution >= 0.6 is 11.6 Å². The van der Waals surface area contributed by atoms with Crippen LogP contribution in [0.3, 0.4) is 0 Å². The Morgan fingerprint density at radius 1 is 1.60 bits per heavy atom. The molecule has 2 atom stereocenters. The number of rotatable bonds is 5. The molecule has 1 aromatic rings. The molecule has 0 saturated carbocycles. The normalized spacial score (nSPS) is 21.8. The molecular weight excluding hydrogens is 280 g/mol. The lowest BCUT2D eigenvalue weighted by atomic mass is 10.2. The summed E-state index contributed by atoms with van der Waals surface area (Å²) in [5.74, 6) is 0.670. The summed E-state index contributed by atoms with van der Waals surface area (Å²) in [6.07, 6.45) is 0.0401. The minimum atomic E-state index is -0.430. The van der Waals surface area contributed by atoms with E-state index in [4.69, 9.17) is 16.3 Å². The molecule has 1 fully saturated rings. The van der Waals surface area contributed by atoms with E-state index in [1.54, 1.807) is 24.1 Å². The van der Waals surface area contributed by atoms with Crippen molar-refractivity contribution in [3.63, 3.8) is 0 Å². The zero-order valence-electron chi connectivity index (χ0n) is 11.4. The van der Waals surface area contributed by atoms with Crippen molar-refractivity contribution in [3.05, 3.63) is 29.3 Å². The molecule has 1 aromatic carbocycles. The Labute approximate surface area is 123 Å². The third kappa shape index (κ3) is 4.10. The number of β-amino-alcohol motifs (C(OH)–C–C–N with tert-alkyl or cyclic N) is 1. The summed E-state index contributed by atoms with van der Waals surface area (Å²) >= 11 is 5.86. The molecule has 0 aliphatic carbocycles. The number of halogens is 1. The lowest BCUT2D eigenvalue weighted by molar-refractivity contribution is -0.132. The van der Waals surface area contributed by atoms with Crippen LogP contribution in [-0.2, 0) is 4.79 Å². The minimum absolute atomic E-state index is 0.0174. The average Bonchev–Trinajstić information content (AvgIpc) is 2.84. The molecule has 0 aromatic heterocycles. The van der Waals surface area contributed by atoms with Gasteiger partial charge in [0.05, 0.1) is 18.7 Å². The number of hydrogen-bond donors (Lipinski definition) is 2. The fraction of sp³-hybridized carbons (Fsp3) is 0.500. The predicted octanol–water partition coefficient (Wildman–Crippen LogP) is 0.900. The second kappa shape index (κ2) is 6.92. The molecule has 1 amide bonds. The van der Waals surface area contributed by atoms with Crippen molar-refractivity contribution in [1.29, 1.82) is 0 Å². The zero-order valence-corrected chi connectivity index (χ0v) is 12.1. The smallest absolute Gasteiger partial charge is 0.239 e. The van der Waals surface area contributed by atoms with Gasteiger partial charge in [-0.1, -0.05) is 17.7 Å². The van der Waals surface area contributed by atoms with E-state index in [-0.39, 0.29) is 11.9 Å². The molecular formula is C14H19ClN2O3. The molecule has 1 aliphatic heterocycles. The SMILES string of the molecule is CN(CCOc1cccc(Cl)c1)C(=O)[C@H]1C[C@@H](O)CN1. The second-order valence-electron chi connectivity index (χ2n) is 4.92. The maximum Gasteiger partial charge on any atom is 0.239 e. The molecule has 110 valence electrons. The van der Waals surface area contributed by atoms with Gasteiger partial charge in [0.25, 0.3) is 0 Å². The van der Waals surface area contributed by atoms with Crippen LogP contribution in [0.25, 0.3) is 0 Å². The number of amides is 1. The van der Waals surface area contributed by atoms with Crippen molar-refractivity contribution < 1.29 is 14.6 Å². The molecule has 0 unspecified atom stereocenters. The van der Waals surface area contributed by atoms with Crippen molar-refractivity contribution in [2.45, 2.75) is 18.6 Å². The number of aliphatic hydroxyl groups excluding tert-OH is 1. The number of benzene rings is 1. The Morgan fingerprint density at radius 3 is 3.05 bits per heavy atom. The van der Waals surface area contributed by atoms with E-state index in [2.05, 4.69) is 5.32 Å². The lowest BCUT2D eigenvalue weighted by Crippen LogP contribution is -2.43. The first-order chi connectivity index (χ1) is 9.56. The topological polar surface area (TPSA) is 61.8 Å². The van der Waals surface area contributed by atoms with Crippen LogP contribution in [0, 0.1) is 0 Å². The van der Waals surface area contributed by atoms with E-state index in [9.17, 15) is 9.90 Å². The van der Waals surface area contributed by atoms with E-state index >= 15 is 0 Å². The summed E-state index contributed by atoms with van der Waals surface area (Å²) in [7, 11) is 1.73. The molecule has 1 saturated heterocycles. The maximum absolute atomic E-state index is 12.1. The molecule has 0 radical (unpaired) electrons. The first kappa shape index (κ1) is 15.1. The van der Waals surface area contributed by atoms with E-state index in [0.717, 1.165) is 0 Å². The second-order valence-corrected chi connectivity index (χ2v) is 5.35. The Morgan fingerprint density at radius 2 is 2.40 bits per heavy atom. The fourth-order valence-electron chi connectivity index (χ4n) is 2.14. The van der Waals surface area contributed by atoms with Crippen LogP contribution in [-0.4, -0.2) is 54.8 Å². The average molecular weight is 299 g/mol. The number of ether oxygens (including phenoxy) is 1. The number of likely N-dealkylation sites (N-methyl/N-ethyl adjacent to an activating group) is 1. The van der Waals surface area contributed by atoms with Gasteiger partial charge in [-0.25, -0.2) is 0 Å². The number of carbonyl (C=O) groups is 1. The van der Waals surface area contributed by atoms with Gasteiger partial charge in [-0.05, 0) is 24.6 Å². The number of carbonyl (C=O) groups excluding carboxylic acids is 1. The summed E-state index contributed by atoms with van der Waals surface area (Å²) in [4.78, 5) is 13.7. The van der Waals surface area contributed by atoms with Crippen molar-refractivity contribution in [1.82, 2.24) is 10.2 Å². The molecule has 0 spiro atoms. The molecule has 1 aliphatic rings. The van der Waals surface area contributed by atoms with Gasteiger partial charge in [0.1, 0.15) is 12.4 Å². The lowest BCUT2D eigenvalue weighted by Gasteiger charge is -2.21. The Bertz CT molecular complexity index is 469. The van der Waals surface area contributed by atoms with E-state index in [1.165, 1.54) is 0 Å². The first-order valence-electron chi connectivity index (χ1n) is 6.61. The van der Waals surface area contributed by atoms with Crippen molar-refractivity contribution in [2.75, 3.05) is 26.7 Å². The summed E-state index contributed by atoms with van der Waals surface area (Å²) < 4.78 is 5.54. The quantitative estimate of drug-likeness (QED) is 0.848. The van der Waals surface area contributed by atoms with Gasteiger partial charge in [-0.15, -0.1) is 0 Å². The Hall–Kier alpha value is -1.30. The molecule has 1 heterocycles. The fourth-order valence-corrected chi connectivity index (χ4v) is 2.32. The third-order valence-electron chi connectivity index (χ3n) is 3.27. The number of nitrogens with zero attached hydrogens (tertiary/aromatic N) is 1. The zero-order chi connectivity index (χ0) is 14.5. The highest BCUT2D eigenvalue weighted by Crippen LogP contribution is 2.17. The first-order valence-corrected chi connectivity index (χ1v) is 6.99. The van der Waals surface area contributed by atoms with Crippen LogP contribution in [0.4, 0.5) is 0 Å². The highest BCUT2D eigenvalue weighted by atomic mass is 35.5. The Kier molecular flexibility index (Phi) is 5.23. The van der Waals surface area contributed by atoms with Gasteiger partial charge >= 0.3 is 0 Å². The van der Waals surface area contributed by atoms with Gasteiger partial charge in [0, 0.05) is 18.6 Å². The standard InChI is InChI=1S/C14H19ClN2O3/c1-17(14(19)13-8-11(18)9-16-13)5-6-20-12-4-2-3-10(15)7-12/h2-4,7,11,13,16,18H,5-6,8-9H2,1H3/t11-,13-/m1/s1. The largest absolute Gasteiger partial charge is 0.492 e. The van der Waals surface area contributed by atoms with Crippen molar-refractivity contribution in [2.24, 2.45) is 0 Å². The van der Waals surface area contributed by atoms with Gasteiger partial charge in [0.2, 0.25) is 5.91 Å². The Balaban J connectivity index is 1.74. The van der Waals surface area contributed by atoms with Gasteiger partial charge in [0.15, 0.2) is 0 Å². The molecule has 5 nitrogen and oxygen atoms in total. The molecule has 6 heteroatoms. The summed E-state index contributed by atoms with van der Waals surface area (Å²) in [6, 6.07) is 6.86. The molecule has 2 N–H and O–H groups in total. The highest BCUT2D eigenvalue weighted by molar-refractivity contribution is 6.30.